The Hall–Kier alpha value is -2.84. The zero-order valence-corrected chi connectivity index (χ0v) is 23.8. The van der Waals surface area contributed by atoms with Gasteiger partial charge in [0.05, 0.1) is 24.0 Å². The first kappa shape index (κ1) is 28.2. The second-order valence-corrected chi connectivity index (χ2v) is 10.5. The number of anilines is 2. The first-order chi connectivity index (χ1) is 17.6. The molecule has 0 aliphatic carbocycles. The lowest BCUT2D eigenvalue weighted by atomic mass is 10.0. The van der Waals surface area contributed by atoms with E-state index >= 15 is 0 Å². The average Bonchev–Trinajstić information content (AvgIpc) is 3.17. The summed E-state index contributed by atoms with van der Waals surface area (Å²) in [4.78, 5) is 10.0. The number of aliphatic imine (C=N–C) groups is 1. The zero-order valence-electron chi connectivity index (χ0n) is 21.3. The number of halogens is 3. The maximum absolute atomic E-state index is 14.1. The number of rotatable bonds is 4. The summed E-state index contributed by atoms with van der Waals surface area (Å²) < 4.78 is 20.6. The molecular formula is C29H31Cl2FN4OS. The molecule has 1 unspecified atom stereocenters. The number of piperazine rings is 1. The highest BCUT2D eigenvalue weighted by molar-refractivity contribution is 7.23. The molecule has 4 aromatic rings. The summed E-state index contributed by atoms with van der Waals surface area (Å²) in [5, 5.41) is 5.70. The molecule has 2 aliphatic rings. The Morgan fingerprint density at radius 1 is 1.05 bits per heavy atom. The number of nitrogens with one attached hydrogen (secondary N) is 1. The van der Waals surface area contributed by atoms with Crippen LogP contribution in [0.1, 0.15) is 17.5 Å². The van der Waals surface area contributed by atoms with Gasteiger partial charge in [0.1, 0.15) is 22.4 Å². The molecule has 3 heterocycles. The highest BCUT2D eigenvalue weighted by Crippen LogP contribution is 2.43. The number of hydrogen-bond acceptors (Lipinski definition) is 6. The summed E-state index contributed by atoms with van der Waals surface area (Å²) in [7, 11) is 3.92. The average molecular weight is 574 g/mol. The maximum atomic E-state index is 14.1. The normalized spacial score (nSPS) is 16.8. The van der Waals surface area contributed by atoms with Crippen LogP contribution in [0.5, 0.6) is 5.75 Å². The minimum Gasteiger partial charge on any atom is -0.497 e. The van der Waals surface area contributed by atoms with Gasteiger partial charge in [0, 0.05) is 35.8 Å². The van der Waals surface area contributed by atoms with Crippen LogP contribution in [0.15, 0.2) is 71.7 Å². The van der Waals surface area contributed by atoms with E-state index in [-0.39, 0.29) is 30.6 Å². The van der Waals surface area contributed by atoms with Gasteiger partial charge >= 0.3 is 0 Å². The molecule has 2 aliphatic heterocycles. The van der Waals surface area contributed by atoms with E-state index in [2.05, 4.69) is 58.6 Å². The second-order valence-electron chi connectivity index (χ2n) is 9.49. The Bertz CT molecular complexity index is 1440. The molecule has 0 radical (unpaired) electrons. The Labute approximate surface area is 239 Å². The first-order valence-corrected chi connectivity index (χ1v) is 13.2. The van der Waals surface area contributed by atoms with Crippen LogP contribution in [0.25, 0.3) is 10.1 Å². The molecule has 0 amide bonds. The number of methoxy groups -OCH3 is 1. The van der Waals surface area contributed by atoms with Crippen LogP contribution >= 0.6 is 36.2 Å². The van der Waals surface area contributed by atoms with Crippen LogP contribution in [0.3, 0.4) is 0 Å². The molecule has 200 valence electrons. The van der Waals surface area contributed by atoms with Crippen molar-refractivity contribution < 1.29 is 9.13 Å². The summed E-state index contributed by atoms with van der Waals surface area (Å²) in [5.41, 5.74) is 3.92. The first-order valence-electron chi connectivity index (χ1n) is 12.3. The number of ether oxygens (including phenoxy) is 1. The van der Waals surface area contributed by atoms with Gasteiger partial charge in [-0.05, 0) is 61.9 Å². The van der Waals surface area contributed by atoms with Gasteiger partial charge in [-0.15, -0.1) is 36.2 Å². The predicted molar refractivity (Wildman–Crippen MR) is 162 cm³/mol. The third kappa shape index (κ3) is 5.47. The summed E-state index contributed by atoms with van der Waals surface area (Å²) in [6.45, 7) is 2.76. The third-order valence-electron chi connectivity index (χ3n) is 7.25. The lowest BCUT2D eigenvalue weighted by Crippen LogP contribution is -2.53. The molecular weight excluding hydrogens is 542 g/mol. The molecule has 1 aromatic heterocycles. The van der Waals surface area contributed by atoms with E-state index in [4.69, 9.17) is 9.73 Å². The zero-order chi connectivity index (χ0) is 24.6. The molecule has 38 heavy (non-hydrogen) atoms. The molecule has 1 N–H and O–H groups in total. The van der Waals surface area contributed by atoms with Gasteiger partial charge in [-0.3, -0.25) is 4.90 Å². The monoisotopic (exact) mass is 572 g/mol. The van der Waals surface area contributed by atoms with Crippen molar-refractivity contribution in [1.82, 2.24) is 9.80 Å². The molecule has 6 rings (SSSR count). The van der Waals surface area contributed by atoms with Crippen molar-refractivity contribution in [2.45, 2.75) is 18.9 Å². The molecule has 0 saturated carbocycles. The highest BCUT2D eigenvalue weighted by atomic mass is 35.5. The molecule has 1 saturated heterocycles. The molecule has 0 spiro atoms. The second kappa shape index (κ2) is 11.9. The smallest absolute Gasteiger partial charge is 0.140 e. The van der Waals surface area contributed by atoms with E-state index in [0.717, 1.165) is 60.3 Å². The molecule has 1 atom stereocenters. The van der Waals surface area contributed by atoms with Crippen LogP contribution in [0.2, 0.25) is 0 Å². The number of thiophene rings is 1. The number of benzene rings is 3. The quantitative estimate of drug-likeness (QED) is 0.279. The topological polar surface area (TPSA) is 40.1 Å². The van der Waals surface area contributed by atoms with E-state index < -0.39 is 0 Å². The van der Waals surface area contributed by atoms with Crippen molar-refractivity contribution in [3.05, 3.63) is 83.7 Å². The molecule has 0 bridgehead atoms. The van der Waals surface area contributed by atoms with Crippen molar-refractivity contribution in [1.29, 1.82) is 0 Å². The van der Waals surface area contributed by atoms with Crippen molar-refractivity contribution in [2.75, 3.05) is 39.1 Å². The Morgan fingerprint density at radius 3 is 2.63 bits per heavy atom. The number of fused-ring (bicyclic) bond motifs is 4. The maximum Gasteiger partial charge on any atom is 0.140 e. The Kier molecular flexibility index (Phi) is 8.83. The van der Waals surface area contributed by atoms with E-state index in [9.17, 15) is 4.39 Å². The van der Waals surface area contributed by atoms with Gasteiger partial charge in [0.25, 0.3) is 0 Å². The van der Waals surface area contributed by atoms with Crippen LogP contribution in [-0.4, -0.2) is 55.5 Å². The fourth-order valence-electron chi connectivity index (χ4n) is 5.16. The van der Waals surface area contributed by atoms with Crippen molar-refractivity contribution >= 4 is 68.4 Å². The minimum atomic E-state index is -0.263. The summed E-state index contributed by atoms with van der Waals surface area (Å²) in [5.74, 6) is 1.60. The van der Waals surface area contributed by atoms with Gasteiger partial charge in [-0.1, -0.05) is 30.3 Å². The SMILES string of the molecule is COc1ccc(CCC2CN(C3=Nc4ccc(F)cc4Nc4sc5ccccc5c43)CCN2C)cc1.Cl.Cl. The summed E-state index contributed by atoms with van der Waals surface area (Å²) >= 11 is 1.70. The Morgan fingerprint density at radius 2 is 1.84 bits per heavy atom. The number of hydrogen-bond donors (Lipinski definition) is 1. The van der Waals surface area contributed by atoms with Gasteiger partial charge < -0.3 is 15.0 Å². The van der Waals surface area contributed by atoms with E-state index in [0.29, 0.717) is 11.7 Å². The van der Waals surface area contributed by atoms with Gasteiger partial charge in [0.2, 0.25) is 0 Å². The third-order valence-corrected chi connectivity index (χ3v) is 8.34. The number of likely N-dealkylation sites (N-methyl/N-ethyl adjacent to an activating group) is 1. The lowest BCUT2D eigenvalue weighted by Gasteiger charge is -2.41. The molecule has 3 aromatic carbocycles. The van der Waals surface area contributed by atoms with E-state index in [1.807, 2.05) is 12.1 Å². The minimum absolute atomic E-state index is 0. The van der Waals surface area contributed by atoms with Crippen LogP contribution in [0, 0.1) is 5.82 Å². The van der Waals surface area contributed by atoms with Crippen molar-refractivity contribution in [2.24, 2.45) is 4.99 Å². The fraction of sp³-hybridized carbons (Fsp3) is 0.276. The lowest BCUT2D eigenvalue weighted by molar-refractivity contribution is 0.134. The molecule has 9 heteroatoms. The van der Waals surface area contributed by atoms with E-state index in [1.165, 1.54) is 27.8 Å². The fourth-order valence-corrected chi connectivity index (χ4v) is 6.27. The largest absolute Gasteiger partial charge is 0.497 e. The summed E-state index contributed by atoms with van der Waals surface area (Å²) in [6, 6.07) is 22.0. The molecule has 1 fully saturated rings. The van der Waals surface area contributed by atoms with Crippen molar-refractivity contribution in [3.8, 4) is 5.75 Å². The van der Waals surface area contributed by atoms with Gasteiger partial charge in [-0.25, -0.2) is 9.38 Å². The standard InChI is InChI=1S/C29H29FN4OS.2ClH/c1-33-15-16-34(18-21(33)11-7-19-8-12-22(35-2)13-9-19)28-27-23-5-3-4-6-26(23)36-29(27)32-25-17-20(30)10-14-24(25)31-28;;/h3-6,8-10,12-14,17,21,32H,7,11,15-16,18H2,1-2H3;2*1H. The molecule has 5 nitrogen and oxygen atoms in total. The van der Waals surface area contributed by atoms with Gasteiger partial charge in [-0.2, -0.15) is 0 Å². The number of amidine groups is 1. The van der Waals surface area contributed by atoms with Crippen LogP contribution < -0.4 is 10.1 Å². The van der Waals surface area contributed by atoms with E-state index in [1.54, 1.807) is 24.5 Å². The van der Waals surface area contributed by atoms with Crippen molar-refractivity contribution in [3.63, 3.8) is 0 Å². The number of aryl methyl sites for hydroxylation is 1. The predicted octanol–water partition coefficient (Wildman–Crippen LogP) is 7.28. The van der Waals surface area contributed by atoms with Crippen LogP contribution in [-0.2, 0) is 6.42 Å². The highest BCUT2D eigenvalue weighted by Gasteiger charge is 2.31. The Balaban J connectivity index is 0.00000168. The number of nitrogens with zero attached hydrogens (tertiary/aromatic N) is 3. The van der Waals surface area contributed by atoms with Gasteiger partial charge in [0.15, 0.2) is 0 Å². The summed E-state index contributed by atoms with van der Waals surface area (Å²) in [6.07, 6.45) is 2.07. The van der Waals surface area contributed by atoms with Crippen LogP contribution in [0.4, 0.5) is 20.8 Å².